The molecule has 0 radical (unpaired) electrons. The minimum Gasteiger partial charge on any atom is -0.506 e. The second-order valence-corrected chi connectivity index (χ2v) is 5.49. The number of rotatable bonds is 5. The molecule has 2 N–H and O–H groups in total. The number of ether oxygens (including phenoxy) is 1. The average Bonchev–Trinajstić information content (AvgIpc) is 2.46. The smallest absolute Gasteiger partial charge is 0.161 e. The lowest BCUT2D eigenvalue weighted by molar-refractivity contribution is 0.181. The Morgan fingerprint density at radius 2 is 2.14 bits per heavy atom. The van der Waals surface area contributed by atoms with Crippen LogP contribution in [0.4, 0.5) is 5.82 Å². The van der Waals surface area contributed by atoms with Gasteiger partial charge in [-0.2, -0.15) is 0 Å². The summed E-state index contributed by atoms with van der Waals surface area (Å²) in [4.78, 5) is 8.96. The summed E-state index contributed by atoms with van der Waals surface area (Å²) in [5.41, 5.74) is 1.46. The molecule has 0 amide bonds. The van der Waals surface area contributed by atoms with E-state index in [1.807, 2.05) is 6.92 Å². The van der Waals surface area contributed by atoms with Crippen LogP contribution in [0.15, 0.2) is 22.7 Å². The van der Waals surface area contributed by atoms with Gasteiger partial charge in [0.2, 0.25) is 0 Å². The van der Waals surface area contributed by atoms with Gasteiger partial charge in [-0.05, 0) is 41.1 Å². The van der Waals surface area contributed by atoms with Gasteiger partial charge in [0, 0.05) is 19.2 Å². The highest BCUT2D eigenvalue weighted by molar-refractivity contribution is 9.10. The van der Waals surface area contributed by atoms with Crippen molar-refractivity contribution in [3.63, 3.8) is 0 Å². The molecule has 0 saturated heterocycles. The highest BCUT2D eigenvalue weighted by Crippen LogP contribution is 2.31. The molecule has 0 aliphatic heterocycles. The predicted octanol–water partition coefficient (Wildman–Crippen LogP) is 3.84. The Bertz CT molecular complexity index is 625. The highest BCUT2D eigenvalue weighted by atomic mass is 79.9. The molecule has 1 aromatic heterocycles. The molecular formula is C14H15BrClN3O2. The molecular weight excluding hydrogens is 358 g/mol. The number of nitrogens with one attached hydrogen (secondary N) is 1. The quantitative estimate of drug-likeness (QED) is 0.834. The number of halogens is 2. The summed E-state index contributed by atoms with van der Waals surface area (Å²) in [5, 5.41) is 12.9. The molecule has 0 fully saturated rings. The Morgan fingerprint density at radius 1 is 1.38 bits per heavy atom. The SMILES string of the molecule is CCNc1nc(-c2ccc(O)c(Cl)c2)nc(COC)c1Br. The van der Waals surface area contributed by atoms with Gasteiger partial charge in [-0.25, -0.2) is 9.97 Å². The summed E-state index contributed by atoms with van der Waals surface area (Å²) in [6.45, 7) is 3.08. The van der Waals surface area contributed by atoms with E-state index in [4.69, 9.17) is 16.3 Å². The molecule has 21 heavy (non-hydrogen) atoms. The number of hydrogen-bond acceptors (Lipinski definition) is 5. The molecule has 1 heterocycles. The fraction of sp³-hybridized carbons (Fsp3) is 0.286. The van der Waals surface area contributed by atoms with E-state index in [1.54, 1.807) is 19.2 Å². The third-order valence-electron chi connectivity index (χ3n) is 2.75. The first-order chi connectivity index (χ1) is 10.1. The molecule has 2 rings (SSSR count). The van der Waals surface area contributed by atoms with Crippen LogP contribution in [0.3, 0.4) is 0 Å². The van der Waals surface area contributed by atoms with Crippen molar-refractivity contribution in [3.8, 4) is 17.1 Å². The molecule has 112 valence electrons. The van der Waals surface area contributed by atoms with Gasteiger partial charge >= 0.3 is 0 Å². The Hall–Kier alpha value is -1.37. The molecule has 0 unspecified atom stereocenters. The average molecular weight is 373 g/mol. The number of benzene rings is 1. The molecule has 0 atom stereocenters. The molecule has 0 spiro atoms. The minimum absolute atomic E-state index is 0.0292. The van der Waals surface area contributed by atoms with Crippen molar-refractivity contribution < 1.29 is 9.84 Å². The lowest BCUT2D eigenvalue weighted by Gasteiger charge is -2.12. The lowest BCUT2D eigenvalue weighted by Crippen LogP contribution is -2.06. The van der Waals surface area contributed by atoms with Crippen LogP contribution in [-0.4, -0.2) is 28.7 Å². The van der Waals surface area contributed by atoms with Crippen LogP contribution in [0.2, 0.25) is 5.02 Å². The van der Waals surface area contributed by atoms with E-state index in [0.717, 1.165) is 22.3 Å². The second kappa shape index (κ2) is 7.06. The van der Waals surface area contributed by atoms with E-state index in [0.29, 0.717) is 18.2 Å². The van der Waals surface area contributed by atoms with Crippen molar-refractivity contribution in [3.05, 3.63) is 33.4 Å². The third kappa shape index (κ3) is 3.64. The predicted molar refractivity (Wildman–Crippen MR) is 86.7 cm³/mol. The Labute approximate surface area is 136 Å². The number of hydrogen-bond donors (Lipinski definition) is 2. The van der Waals surface area contributed by atoms with E-state index in [9.17, 15) is 5.11 Å². The van der Waals surface area contributed by atoms with Gasteiger partial charge in [0.05, 0.1) is 21.8 Å². The van der Waals surface area contributed by atoms with Gasteiger partial charge in [0.15, 0.2) is 5.82 Å². The first-order valence-corrected chi connectivity index (χ1v) is 7.52. The zero-order valence-corrected chi connectivity index (χ0v) is 14.0. The molecule has 7 heteroatoms. The highest BCUT2D eigenvalue weighted by Gasteiger charge is 2.14. The topological polar surface area (TPSA) is 67.3 Å². The maximum atomic E-state index is 9.50. The third-order valence-corrected chi connectivity index (χ3v) is 3.89. The van der Waals surface area contributed by atoms with E-state index in [1.165, 1.54) is 6.07 Å². The molecule has 2 aromatic rings. The van der Waals surface area contributed by atoms with Crippen LogP contribution >= 0.6 is 27.5 Å². The first kappa shape index (κ1) is 16.0. The zero-order valence-electron chi connectivity index (χ0n) is 11.7. The monoisotopic (exact) mass is 371 g/mol. The van der Waals surface area contributed by atoms with Crippen molar-refractivity contribution in [2.45, 2.75) is 13.5 Å². The summed E-state index contributed by atoms with van der Waals surface area (Å²) in [5.74, 6) is 1.24. The van der Waals surface area contributed by atoms with E-state index in [2.05, 4.69) is 31.2 Å². The largest absolute Gasteiger partial charge is 0.506 e. The molecule has 5 nitrogen and oxygen atoms in total. The standard InChI is InChI=1S/C14H15BrClN3O2/c1-3-17-14-12(15)10(7-21-2)18-13(19-14)8-4-5-11(20)9(16)6-8/h4-6,20H,3,7H2,1-2H3,(H,17,18,19). The lowest BCUT2D eigenvalue weighted by atomic mass is 10.2. The molecule has 0 aliphatic rings. The fourth-order valence-corrected chi connectivity index (χ4v) is 2.40. The Balaban J connectivity index is 2.53. The first-order valence-electron chi connectivity index (χ1n) is 6.35. The zero-order chi connectivity index (χ0) is 15.4. The van der Waals surface area contributed by atoms with Crippen molar-refractivity contribution >= 4 is 33.3 Å². The minimum atomic E-state index is 0.0292. The molecule has 1 aromatic carbocycles. The summed E-state index contributed by atoms with van der Waals surface area (Å²) in [6, 6.07) is 4.87. The maximum absolute atomic E-state index is 9.50. The Kier molecular flexibility index (Phi) is 5.39. The molecule has 0 aliphatic carbocycles. The number of phenols is 1. The van der Waals surface area contributed by atoms with Crippen molar-refractivity contribution in [2.75, 3.05) is 19.0 Å². The number of aromatic nitrogens is 2. The second-order valence-electron chi connectivity index (χ2n) is 4.29. The van der Waals surface area contributed by atoms with Crippen molar-refractivity contribution in [1.82, 2.24) is 9.97 Å². The molecule has 0 saturated carbocycles. The van der Waals surface area contributed by atoms with Crippen LogP contribution in [0.1, 0.15) is 12.6 Å². The summed E-state index contributed by atoms with van der Waals surface area (Å²) >= 11 is 9.42. The number of anilines is 1. The van der Waals surface area contributed by atoms with Crippen LogP contribution in [0.5, 0.6) is 5.75 Å². The van der Waals surface area contributed by atoms with Gasteiger partial charge in [-0.3, -0.25) is 0 Å². The number of aromatic hydroxyl groups is 1. The summed E-state index contributed by atoms with van der Waals surface area (Å²) in [7, 11) is 1.61. The van der Waals surface area contributed by atoms with Crippen molar-refractivity contribution in [2.24, 2.45) is 0 Å². The van der Waals surface area contributed by atoms with Crippen LogP contribution in [-0.2, 0) is 11.3 Å². The summed E-state index contributed by atoms with van der Waals surface area (Å²) < 4.78 is 5.94. The van der Waals surface area contributed by atoms with Crippen LogP contribution < -0.4 is 5.32 Å². The Morgan fingerprint density at radius 3 is 2.76 bits per heavy atom. The van der Waals surface area contributed by atoms with Gasteiger partial charge in [-0.1, -0.05) is 11.6 Å². The number of phenolic OH excluding ortho intramolecular Hbond substituents is 1. The summed E-state index contributed by atoms with van der Waals surface area (Å²) in [6.07, 6.45) is 0. The number of nitrogens with zero attached hydrogens (tertiary/aromatic N) is 2. The normalized spacial score (nSPS) is 10.7. The van der Waals surface area contributed by atoms with E-state index in [-0.39, 0.29) is 10.8 Å². The number of methoxy groups -OCH3 is 1. The van der Waals surface area contributed by atoms with Crippen molar-refractivity contribution in [1.29, 1.82) is 0 Å². The van der Waals surface area contributed by atoms with Gasteiger partial charge in [-0.15, -0.1) is 0 Å². The van der Waals surface area contributed by atoms with Crippen LogP contribution in [0.25, 0.3) is 11.4 Å². The van der Waals surface area contributed by atoms with Gasteiger partial charge < -0.3 is 15.2 Å². The van der Waals surface area contributed by atoms with E-state index < -0.39 is 0 Å². The van der Waals surface area contributed by atoms with Gasteiger partial charge in [0.25, 0.3) is 0 Å². The van der Waals surface area contributed by atoms with Crippen LogP contribution in [0, 0.1) is 0 Å². The maximum Gasteiger partial charge on any atom is 0.161 e. The molecule has 0 bridgehead atoms. The van der Waals surface area contributed by atoms with Gasteiger partial charge in [0.1, 0.15) is 11.6 Å². The fourth-order valence-electron chi connectivity index (χ4n) is 1.79. The van der Waals surface area contributed by atoms with E-state index >= 15 is 0 Å².